The minimum Gasteiger partial charge on any atom is -0.463 e. The summed E-state index contributed by atoms with van der Waals surface area (Å²) in [6.07, 6.45) is -6.75. The highest BCUT2D eigenvalue weighted by atomic mass is 16.7. The second-order valence-electron chi connectivity index (χ2n) is 11.6. The molecule has 2 heterocycles. The van der Waals surface area contributed by atoms with E-state index in [-0.39, 0.29) is 29.9 Å². The molecular formula is C38H38O14. The van der Waals surface area contributed by atoms with Gasteiger partial charge in [0.2, 0.25) is 0 Å². The van der Waals surface area contributed by atoms with E-state index in [1.165, 1.54) is 57.4 Å². The quantitative estimate of drug-likeness (QED) is 0.142. The maximum absolute atomic E-state index is 13.6. The molecule has 3 aromatic rings. The summed E-state index contributed by atoms with van der Waals surface area (Å²) in [6, 6.07) is 24.3. The number of methoxy groups -OCH3 is 1. The molecule has 5 rings (SSSR count). The van der Waals surface area contributed by atoms with Crippen LogP contribution in [0.3, 0.4) is 0 Å². The van der Waals surface area contributed by atoms with Gasteiger partial charge in [0.1, 0.15) is 24.9 Å². The van der Waals surface area contributed by atoms with Gasteiger partial charge in [-0.25, -0.2) is 14.4 Å². The van der Waals surface area contributed by atoms with Crippen LogP contribution in [0.1, 0.15) is 44.9 Å². The van der Waals surface area contributed by atoms with E-state index in [4.69, 9.17) is 42.6 Å². The molecule has 0 N–H and O–H groups in total. The second-order valence-corrected chi connectivity index (χ2v) is 11.6. The lowest BCUT2D eigenvalue weighted by Crippen LogP contribution is -2.63. The molecule has 2 aliphatic heterocycles. The Labute approximate surface area is 299 Å². The van der Waals surface area contributed by atoms with Gasteiger partial charge >= 0.3 is 29.8 Å². The Morgan fingerprint density at radius 3 is 1.54 bits per heavy atom. The van der Waals surface area contributed by atoms with Crippen LogP contribution in [0.5, 0.6) is 0 Å². The van der Waals surface area contributed by atoms with Crippen LogP contribution in [0.4, 0.5) is 0 Å². The lowest BCUT2D eigenvalue weighted by Gasteiger charge is -2.44. The van der Waals surface area contributed by atoms with Gasteiger partial charge in [-0.15, -0.1) is 0 Å². The van der Waals surface area contributed by atoms with Crippen molar-refractivity contribution in [1.82, 2.24) is 0 Å². The van der Waals surface area contributed by atoms with Gasteiger partial charge < -0.3 is 42.6 Å². The molecular weight excluding hydrogens is 680 g/mol. The second kappa shape index (κ2) is 18.2. The fourth-order valence-corrected chi connectivity index (χ4v) is 5.45. The number of carbonyl (C=O) groups is 5. The molecule has 274 valence electrons. The van der Waals surface area contributed by atoms with Crippen LogP contribution in [0.15, 0.2) is 103 Å². The van der Waals surface area contributed by atoms with Crippen LogP contribution in [0, 0.1) is 0 Å². The topological polar surface area (TPSA) is 168 Å². The largest absolute Gasteiger partial charge is 0.463 e. The van der Waals surface area contributed by atoms with Crippen molar-refractivity contribution in [3.63, 3.8) is 0 Å². The number of hydrogen-bond donors (Lipinski definition) is 0. The molecule has 0 unspecified atom stereocenters. The SMILES string of the molecule is CO[C@H]1O[C@H](CO[C@@H]2C=C[C@H](OC(C)=O)[C@@H](COC(C)=O)O2)[C@@H](OC(=O)c2ccccc2)[C@@H](OC(=O)c2ccccc2)[C@@H]1OC(=O)c1ccccc1. The minimum absolute atomic E-state index is 0.180. The zero-order chi connectivity index (χ0) is 37.0. The first-order valence-electron chi connectivity index (χ1n) is 16.3. The third-order valence-corrected chi connectivity index (χ3v) is 7.89. The van der Waals surface area contributed by atoms with E-state index in [1.54, 1.807) is 66.7 Å². The molecule has 0 aromatic heterocycles. The van der Waals surface area contributed by atoms with Crippen molar-refractivity contribution in [2.45, 2.75) is 63.1 Å². The molecule has 14 nitrogen and oxygen atoms in total. The van der Waals surface area contributed by atoms with Crippen molar-refractivity contribution < 1.29 is 66.6 Å². The summed E-state index contributed by atoms with van der Waals surface area (Å²) < 4.78 is 52.1. The molecule has 1 fully saturated rings. The Balaban J connectivity index is 1.46. The number of benzene rings is 3. The molecule has 3 aromatic carbocycles. The molecule has 2 aliphatic rings. The average Bonchev–Trinajstić information content (AvgIpc) is 3.16. The maximum Gasteiger partial charge on any atom is 0.338 e. The standard InChI is InChI=1S/C38H38O14/c1-23(39)45-21-29-28(47-24(2)40)19-20-31(48-29)46-22-30-32(50-35(41)25-13-7-4-8-14-25)33(51-36(42)26-15-9-5-10-16-26)34(38(44-3)49-30)52-37(43)27-17-11-6-12-18-27/h4-20,28-34,38H,21-22H2,1-3H3/t28-,29+,30+,31-,32+,33+,34-,38-/m0/s1. The van der Waals surface area contributed by atoms with E-state index in [9.17, 15) is 24.0 Å². The van der Waals surface area contributed by atoms with Crippen molar-refractivity contribution in [2.24, 2.45) is 0 Å². The first-order valence-corrected chi connectivity index (χ1v) is 16.3. The molecule has 0 amide bonds. The molecule has 8 atom stereocenters. The Morgan fingerprint density at radius 1 is 0.558 bits per heavy atom. The Bertz CT molecular complexity index is 1700. The van der Waals surface area contributed by atoms with Gasteiger partial charge in [-0.2, -0.15) is 0 Å². The first-order chi connectivity index (χ1) is 25.1. The van der Waals surface area contributed by atoms with E-state index in [1.807, 2.05) is 0 Å². The molecule has 1 saturated heterocycles. The van der Waals surface area contributed by atoms with Gasteiger partial charge in [0.25, 0.3) is 0 Å². The number of carbonyl (C=O) groups excluding carboxylic acids is 5. The van der Waals surface area contributed by atoms with Crippen molar-refractivity contribution in [1.29, 1.82) is 0 Å². The van der Waals surface area contributed by atoms with E-state index < -0.39 is 79.1 Å². The third-order valence-electron chi connectivity index (χ3n) is 7.89. The summed E-state index contributed by atoms with van der Waals surface area (Å²) in [5.41, 5.74) is 0.565. The normalized spacial score (nSPS) is 25.3. The molecule has 0 radical (unpaired) electrons. The molecule has 0 saturated carbocycles. The van der Waals surface area contributed by atoms with Gasteiger partial charge in [0.15, 0.2) is 30.9 Å². The highest BCUT2D eigenvalue weighted by Crippen LogP contribution is 2.32. The predicted molar refractivity (Wildman–Crippen MR) is 179 cm³/mol. The van der Waals surface area contributed by atoms with Crippen molar-refractivity contribution in [2.75, 3.05) is 20.3 Å². The van der Waals surface area contributed by atoms with Gasteiger partial charge in [0.05, 0.1) is 23.3 Å². The van der Waals surface area contributed by atoms with E-state index in [2.05, 4.69) is 0 Å². The summed E-state index contributed by atoms with van der Waals surface area (Å²) in [5.74, 6) is -3.51. The van der Waals surface area contributed by atoms with E-state index >= 15 is 0 Å². The third kappa shape index (κ3) is 10.1. The fraction of sp³-hybridized carbons (Fsp3) is 0.342. The Kier molecular flexibility index (Phi) is 13.2. The van der Waals surface area contributed by atoms with Crippen molar-refractivity contribution in [3.05, 3.63) is 120 Å². The van der Waals surface area contributed by atoms with Crippen LogP contribution in [-0.4, -0.2) is 99.4 Å². The van der Waals surface area contributed by atoms with E-state index in [0.717, 1.165) is 0 Å². The highest BCUT2D eigenvalue weighted by molar-refractivity contribution is 5.91. The molecule has 14 heteroatoms. The van der Waals surface area contributed by atoms with Gasteiger partial charge in [-0.3, -0.25) is 9.59 Å². The van der Waals surface area contributed by atoms with Crippen LogP contribution >= 0.6 is 0 Å². The number of hydrogen-bond acceptors (Lipinski definition) is 14. The zero-order valence-corrected chi connectivity index (χ0v) is 28.6. The average molecular weight is 719 g/mol. The van der Waals surface area contributed by atoms with Crippen molar-refractivity contribution in [3.8, 4) is 0 Å². The first kappa shape index (κ1) is 37.8. The van der Waals surface area contributed by atoms with Gasteiger partial charge in [-0.05, 0) is 48.6 Å². The molecule has 0 bridgehead atoms. The summed E-state index contributed by atoms with van der Waals surface area (Å²) >= 11 is 0. The lowest BCUT2D eigenvalue weighted by molar-refractivity contribution is -0.301. The fourth-order valence-electron chi connectivity index (χ4n) is 5.45. The van der Waals surface area contributed by atoms with Crippen LogP contribution < -0.4 is 0 Å². The summed E-state index contributed by atoms with van der Waals surface area (Å²) in [7, 11) is 1.31. The summed E-state index contributed by atoms with van der Waals surface area (Å²) in [4.78, 5) is 63.7. The molecule has 0 aliphatic carbocycles. The van der Waals surface area contributed by atoms with Crippen LogP contribution in [0.25, 0.3) is 0 Å². The maximum atomic E-state index is 13.6. The summed E-state index contributed by atoms with van der Waals surface area (Å²) in [5, 5.41) is 0. The molecule has 52 heavy (non-hydrogen) atoms. The zero-order valence-electron chi connectivity index (χ0n) is 28.6. The number of esters is 5. The van der Waals surface area contributed by atoms with Crippen LogP contribution in [-0.2, 0) is 52.2 Å². The highest BCUT2D eigenvalue weighted by Gasteiger charge is 2.53. The number of rotatable bonds is 13. The Hall–Kier alpha value is -5.41. The summed E-state index contributed by atoms with van der Waals surface area (Å²) in [6.45, 7) is 1.86. The van der Waals surface area contributed by atoms with Gasteiger partial charge in [-0.1, -0.05) is 54.6 Å². The molecule has 0 spiro atoms. The van der Waals surface area contributed by atoms with Crippen molar-refractivity contribution >= 4 is 29.8 Å². The Morgan fingerprint density at radius 2 is 1.06 bits per heavy atom. The lowest BCUT2D eigenvalue weighted by atomic mass is 9.97. The smallest absolute Gasteiger partial charge is 0.338 e. The minimum atomic E-state index is -1.48. The van der Waals surface area contributed by atoms with Gasteiger partial charge in [0, 0.05) is 21.0 Å². The van der Waals surface area contributed by atoms with E-state index in [0.29, 0.717) is 0 Å². The number of ether oxygens (including phenoxy) is 9. The van der Waals surface area contributed by atoms with Crippen LogP contribution in [0.2, 0.25) is 0 Å². The predicted octanol–water partition coefficient (Wildman–Crippen LogP) is 3.83. The monoisotopic (exact) mass is 718 g/mol.